The van der Waals surface area contributed by atoms with Crippen LogP contribution in [0, 0.1) is 14.1 Å². The van der Waals surface area contributed by atoms with Crippen molar-refractivity contribution >= 4 is 68.5 Å². The van der Waals surface area contributed by atoms with Gasteiger partial charge in [0.2, 0.25) is 0 Å². The highest BCUT2D eigenvalue weighted by molar-refractivity contribution is 14.1. The summed E-state index contributed by atoms with van der Waals surface area (Å²) in [6, 6.07) is 9.00. The van der Waals surface area contributed by atoms with E-state index in [4.69, 9.17) is 11.6 Å². The summed E-state index contributed by atoms with van der Waals surface area (Å²) in [6.07, 6.45) is 0. The highest BCUT2D eigenvalue weighted by Gasteiger charge is 2.12. The minimum atomic E-state index is -0.253. The zero-order chi connectivity index (χ0) is 14.0. The van der Waals surface area contributed by atoms with Crippen LogP contribution in [0.25, 0.3) is 0 Å². The van der Waals surface area contributed by atoms with E-state index in [2.05, 4.69) is 55.5 Å². The fourth-order valence-corrected chi connectivity index (χ4v) is 2.46. The summed E-state index contributed by atoms with van der Waals surface area (Å²) in [7, 11) is 0. The fourth-order valence-electron chi connectivity index (χ4n) is 1.47. The first-order valence-corrected chi connectivity index (χ1v) is 7.90. The number of nitrogens with one attached hydrogen (secondary N) is 1. The number of aromatic nitrogens is 1. The molecule has 0 aliphatic heterocycles. The Hall–Kier alpha value is -0.410. The Kier molecular flexibility index (Phi) is 5.02. The zero-order valence-electron chi connectivity index (χ0n) is 9.88. The van der Waals surface area contributed by atoms with Crippen LogP contribution in [0.3, 0.4) is 0 Å². The molecule has 0 saturated heterocycles. The van der Waals surface area contributed by atoms with Crippen molar-refractivity contribution in [2.75, 3.05) is 5.32 Å². The van der Waals surface area contributed by atoms with Crippen molar-refractivity contribution in [3.05, 3.63) is 53.8 Å². The van der Waals surface area contributed by atoms with Crippen molar-refractivity contribution < 1.29 is 4.79 Å². The largest absolute Gasteiger partial charge is 0.307 e. The lowest BCUT2D eigenvalue weighted by atomic mass is 10.2. The maximum absolute atomic E-state index is 12.1. The van der Waals surface area contributed by atoms with Crippen molar-refractivity contribution in [1.29, 1.82) is 0 Å². The van der Waals surface area contributed by atoms with Crippen LogP contribution in [0.5, 0.6) is 0 Å². The van der Waals surface area contributed by atoms with E-state index >= 15 is 0 Å². The molecule has 0 saturated carbocycles. The van der Waals surface area contributed by atoms with Gasteiger partial charge in [-0.2, -0.15) is 0 Å². The number of nitrogens with zero attached hydrogens (tertiary/aromatic N) is 1. The van der Waals surface area contributed by atoms with E-state index in [0.717, 1.165) is 12.8 Å². The number of pyridine rings is 1. The highest BCUT2D eigenvalue weighted by atomic mass is 127. The molecule has 3 nitrogen and oxygen atoms in total. The minimum absolute atomic E-state index is 0.253. The average molecular weight is 498 g/mol. The summed E-state index contributed by atoms with van der Waals surface area (Å²) in [5.74, 6) is 0.273. The van der Waals surface area contributed by atoms with Gasteiger partial charge in [-0.3, -0.25) is 4.79 Å². The lowest BCUT2D eigenvalue weighted by Gasteiger charge is -2.08. The van der Waals surface area contributed by atoms with E-state index in [9.17, 15) is 4.79 Å². The third kappa shape index (κ3) is 3.79. The number of benzene rings is 1. The van der Waals surface area contributed by atoms with E-state index in [-0.39, 0.29) is 5.91 Å². The first-order chi connectivity index (χ1) is 8.97. The summed E-state index contributed by atoms with van der Waals surface area (Å²) in [5, 5.41) is 3.18. The lowest BCUT2D eigenvalue weighted by molar-refractivity contribution is 0.102. The SMILES string of the molecule is Cc1nc(NC(=O)c2cc(I)ccc2Cl)ccc1I. The second-order valence-corrected chi connectivity index (χ2v) is 6.66. The molecule has 1 N–H and O–H groups in total. The van der Waals surface area contributed by atoms with Crippen LogP contribution in [0.15, 0.2) is 30.3 Å². The summed E-state index contributed by atoms with van der Waals surface area (Å²) in [5.41, 5.74) is 1.33. The standard InChI is InChI=1S/C13H9ClI2N2O/c1-7-11(16)4-5-12(17-7)18-13(19)9-6-8(15)2-3-10(9)14/h2-6H,1H3,(H,17,18,19). The van der Waals surface area contributed by atoms with Crippen molar-refractivity contribution in [3.8, 4) is 0 Å². The topological polar surface area (TPSA) is 42.0 Å². The molecule has 98 valence electrons. The molecule has 1 aromatic carbocycles. The van der Waals surface area contributed by atoms with Gasteiger partial charge in [-0.15, -0.1) is 0 Å². The number of hydrogen-bond donors (Lipinski definition) is 1. The summed E-state index contributed by atoms with van der Waals surface area (Å²) in [6.45, 7) is 1.90. The van der Waals surface area contributed by atoms with Crippen LogP contribution in [0.4, 0.5) is 5.82 Å². The zero-order valence-corrected chi connectivity index (χ0v) is 14.9. The smallest absolute Gasteiger partial charge is 0.258 e. The maximum Gasteiger partial charge on any atom is 0.258 e. The lowest BCUT2D eigenvalue weighted by Crippen LogP contribution is -2.14. The molecule has 6 heteroatoms. The van der Waals surface area contributed by atoms with Crippen molar-refractivity contribution in [2.24, 2.45) is 0 Å². The van der Waals surface area contributed by atoms with Crippen LogP contribution >= 0.6 is 56.8 Å². The molecule has 1 aromatic heterocycles. The van der Waals surface area contributed by atoms with E-state index in [1.807, 2.05) is 19.1 Å². The van der Waals surface area contributed by atoms with Gasteiger partial charge >= 0.3 is 0 Å². The normalized spacial score (nSPS) is 10.3. The number of amides is 1. The van der Waals surface area contributed by atoms with Gasteiger partial charge in [0.15, 0.2) is 0 Å². The van der Waals surface area contributed by atoms with E-state index in [1.54, 1.807) is 18.2 Å². The molecule has 2 aromatic rings. The minimum Gasteiger partial charge on any atom is -0.307 e. The van der Waals surface area contributed by atoms with Crippen molar-refractivity contribution in [3.63, 3.8) is 0 Å². The van der Waals surface area contributed by atoms with Crippen LogP contribution in [-0.2, 0) is 0 Å². The van der Waals surface area contributed by atoms with E-state index in [0.29, 0.717) is 16.4 Å². The molecule has 1 heterocycles. The highest BCUT2D eigenvalue weighted by Crippen LogP contribution is 2.20. The average Bonchev–Trinajstić information content (AvgIpc) is 2.36. The van der Waals surface area contributed by atoms with Gasteiger partial charge in [0.1, 0.15) is 5.82 Å². The Bertz CT molecular complexity index is 647. The summed E-state index contributed by atoms with van der Waals surface area (Å²) >= 11 is 10.4. The first-order valence-electron chi connectivity index (χ1n) is 5.37. The third-order valence-corrected chi connectivity index (χ3v) is 4.58. The number of aryl methyl sites for hydroxylation is 1. The van der Waals surface area contributed by atoms with Gasteiger partial charge in [0.25, 0.3) is 5.91 Å². The number of carbonyl (C=O) groups excluding carboxylic acids is 1. The van der Waals surface area contributed by atoms with Gasteiger partial charge < -0.3 is 5.32 Å². The molecule has 0 unspecified atom stereocenters. The molecule has 0 aliphatic rings. The Morgan fingerprint density at radius 2 is 2.00 bits per heavy atom. The van der Waals surface area contributed by atoms with Crippen LogP contribution in [0.1, 0.15) is 16.1 Å². The van der Waals surface area contributed by atoms with Crippen LogP contribution in [-0.4, -0.2) is 10.9 Å². The van der Waals surface area contributed by atoms with Gasteiger partial charge in [-0.05, 0) is 82.4 Å². The fraction of sp³-hybridized carbons (Fsp3) is 0.0769. The van der Waals surface area contributed by atoms with E-state index in [1.165, 1.54) is 0 Å². The Balaban J connectivity index is 2.25. The van der Waals surface area contributed by atoms with Crippen LogP contribution < -0.4 is 5.32 Å². The second kappa shape index (κ2) is 6.36. The Morgan fingerprint density at radius 3 is 2.68 bits per heavy atom. The quantitative estimate of drug-likeness (QED) is 0.620. The molecule has 1 amide bonds. The van der Waals surface area contributed by atoms with Gasteiger partial charge in [0.05, 0.1) is 16.3 Å². The Labute approximate surface area is 143 Å². The predicted molar refractivity (Wildman–Crippen MR) is 93.8 cm³/mol. The molecule has 2 rings (SSSR count). The molecule has 0 spiro atoms. The number of anilines is 1. The van der Waals surface area contributed by atoms with Crippen molar-refractivity contribution in [2.45, 2.75) is 6.92 Å². The molecule has 0 fully saturated rings. The molecular formula is C13H9ClI2N2O. The number of rotatable bonds is 2. The van der Waals surface area contributed by atoms with E-state index < -0.39 is 0 Å². The molecular weight excluding hydrogens is 489 g/mol. The Morgan fingerprint density at radius 1 is 1.26 bits per heavy atom. The second-order valence-electron chi connectivity index (χ2n) is 3.84. The maximum atomic E-state index is 12.1. The predicted octanol–water partition coefficient (Wildman–Crippen LogP) is 4.50. The van der Waals surface area contributed by atoms with Gasteiger partial charge in [-0.1, -0.05) is 11.6 Å². The molecule has 19 heavy (non-hydrogen) atoms. The first kappa shape index (κ1) is 15.0. The number of hydrogen-bond acceptors (Lipinski definition) is 2. The summed E-state index contributed by atoms with van der Waals surface area (Å²) < 4.78 is 2.02. The summed E-state index contributed by atoms with van der Waals surface area (Å²) in [4.78, 5) is 16.4. The molecule has 0 bridgehead atoms. The number of halogens is 3. The van der Waals surface area contributed by atoms with Crippen molar-refractivity contribution in [1.82, 2.24) is 4.98 Å². The molecule has 0 atom stereocenters. The van der Waals surface area contributed by atoms with Crippen LogP contribution in [0.2, 0.25) is 5.02 Å². The van der Waals surface area contributed by atoms with Gasteiger partial charge in [0, 0.05) is 7.14 Å². The molecule has 0 radical (unpaired) electrons. The monoisotopic (exact) mass is 498 g/mol. The number of carbonyl (C=O) groups is 1. The molecule has 0 aliphatic carbocycles. The van der Waals surface area contributed by atoms with Gasteiger partial charge in [-0.25, -0.2) is 4.98 Å². The third-order valence-electron chi connectivity index (χ3n) is 2.44.